The summed E-state index contributed by atoms with van der Waals surface area (Å²) in [6.07, 6.45) is 1.46. The van der Waals surface area contributed by atoms with E-state index in [0.717, 1.165) is 18.2 Å². The summed E-state index contributed by atoms with van der Waals surface area (Å²) in [6.45, 7) is 0. The van der Waals surface area contributed by atoms with E-state index >= 15 is 0 Å². The first-order valence-electron chi connectivity index (χ1n) is 6.71. The van der Waals surface area contributed by atoms with Crippen molar-refractivity contribution < 1.29 is 19.7 Å². The fraction of sp³-hybridized carbons (Fsp3) is 0.167. The number of hydrogen-bond acceptors (Lipinski definition) is 10. The third-order valence-corrected chi connectivity index (χ3v) is 3.80. The lowest BCUT2D eigenvalue weighted by Gasteiger charge is -2.20. The molecule has 26 heavy (non-hydrogen) atoms. The molecular weight excluding hydrogens is 356 g/mol. The van der Waals surface area contributed by atoms with Crippen molar-refractivity contribution in [2.75, 3.05) is 5.73 Å². The zero-order valence-corrected chi connectivity index (χ0v) is 12.7. The molecule has 4 N–H and O–H groups in total. The third kappa shape index (κ3) is 2.64. The predicted molar refractivity (Wildman–Crippen MR) is 85.7 cm³/mol. The maximum atomic E-state index is 11.3. The van der Waals surface area contributed by atoms with E-state index in [9.17, 15) is 40.5 Å². The summed E-state index contributed by atoms with van der Waals surface area (Å²) in [4.78, 5) is 40.3. The van der Waals surface area contributed by atoms with Gasteiger partial charge in [-0.05, 0) is 23.6 Å². The van der Waals surface area contributed by atoms with Crippen LogP contribution in [0.2, 0.25) is 0 Å². The Kier molecular flexibility index (Phi) is 4.26. The highest BCUT2D eigenvalue weighted by molar-refractivity contribution is 5.80. The lowest BCUT2D eigenvalue weighted by Crippen LogP contribution is -2.50. The first kappa shape index (κ1) is 18.2. The summed E-state index contributed by atoms with van der Waals surface area (Å²) in [6, 6.07) is 1.71. The molecule has 1 aliphatic carbocycles. The van der Waals surface area contributed by atoms with Crippen LogP contribution in [0, 0.1) is 40.5 Å². The van der Waals surface area contributed by atoms with Crippen molar-refractivity contribution in [2.24, 2.45) is 5.73 Å². The summed E-state index contributed by atoms with van der Waals surface area (Å²) in [5, 5.41) is 44.7. The average Bonchev–Trinajstić information content (AvgIpc) is 2.54. The van der Waals surface area contributed by atoms with Gasteiger partial charge >= 0.3 is 5.66 Å². The van der Waals surface area contributed by atoms with E-state index in [4.69, 9.17) is 11.5 Å². The highest BCUT2D eigenvalue weighted by atomic mass is 16.7. The van der Waals surface area contributed by atoms with Gasteiger partial charge in [0.1, 0.15) is 9.85 Å². The second-order valence-electron chi connectivity index (χ2n) is 5.22. The van der Waals surface area contributed by atoms with Crippen LogP contribution < -0.4 is 11.5 Å². The minimum absolute atomic E-state index is 0.112. The van der Waals surface area contributed by atoms with Gasteiger partial charge in [0.15, 0.2) is 11.4 Å². The van der Waals surface area contributed by atoms with Gasteiger partial charge < -0.3 is 11.5 Å². The number of nitro benzene ring substituents is 2. The second-order valence-corrected chi connectivity index (χ2v) is 5.22. The Hall–Kier alpha value is -4.10. The van der Waals surface area contributed by atoms with Gasteiger partial charge in [0, 0.05) is 12.1 Å². The van der Waals surface area contributed by atoms with Gasteiger partial charge in [-0.3, -0.25) is 40.5 Å². The number of allylic oxidation sites excluding steroid dienone is 2. The standard InChI is InChI=1S/C12H10N6O8/c13-10-2-1-6(5-12(10,17(23)24)18(25)26)7-3-8(15(19)20)11(14)9(4-7)16(21)22/h2-5H,1,13-14H2. The van der Waals surface area contributed by atoms with Crippen molar-refractivity contribution in [3.8, 4) is 0 Å². The number of hydrogen-bond donors (Lipinski definition) is 2. The summed E-state index contributed by atoms with van der Waals surface area (Å²) < 4.78 is 0. The topological polar surface area (TPSA) is 225 Å². The molecule has 0 aromatic heterocycles. The lowest BCUT2D eigenvalue weighted by molar-refractivity contribution is -0.768. The van der Waals surface area contributed by atoms with E-state index in [2.05, 4.69) is 0 Å². The normalized spacial score (nSPS) is 15.5. The van der Waals surface area contributed by atoms with E-state index in [-0.39, 0.29) is 17.6 Å². The molecule has 14 heteroatoms. The molecule has 1 aliphatic rings. The van der Waals surface area contributed by atoms with Crippen LogP contribution in [0.1, 0.15) is 12.0 Å². The largest absolute Gasteiger partial charge is 0.517 e. The van der Waals surface area contributed by atoms with Gasteiger partial charge in [0.05, 0.1) is 15.9 Å². The molecule has 1 aromatic carbocycles. The molecule has 0 atom stereocenters. The Bertz CT molecular complexity index is 871. The number of rotatable bonds is 5. The molecule has 14 nitrogen and oxygen atoms in total. The highest BCUT2D eigenvalue weighted by Crippen LogP contribution is 2.39. The van der Waals surface area contributed by atoms with Crippen molar-refractivity contribution >= 4 is 22.6 Å². The van der Waals surface area contributed by atoms with Crippen molar-refractivity contribution in [3.63, 3.8) is 0 Å². The summed E-state index contributed by atoms with van der Waals surface area (Å²) >= 11 is 0. The molecule has 0 fully saturated rings. The number of nitrogen functional groups attached to an aromatic ring is 1. The quantitative estimate of drug-likeness (QED) is 0.324. The van der Waals surface area contributed by atoms with E-state index in [1.807, 2.05) is 0 Å². The Morgan fingerprint density at radius 3 is 1.73 bits per heavy atom. The van der Waals surface area contributed by atoms with Crippen molar-refractivity contribution in [1.82, 2.24) is 0 Å². The fourth-order valence-electron chi connectivity index (χ4n) is 2.45. The van der Waals surface area contributed by atoms with E-state index in [1.165, 1.54) is 0 Å². The molecule has 0 amide bonds. The molecule has 1 aromatic rings. The van der Waals surface area contributed by atoms with Crippen LogP contribution in [-0.2, 0) is 0 Å². The van der Waals surface area contributed by atoms with Crippen LogP contribution in [0.4, 0.5) is 17.1 Å². The minimum atomic E-state index is -2.97. The van der Waals surface area contributed by atoms with Gasteiger partial charge in [-0.2, -0.15) is 0 Å². The van der Waals surface area contributed by atoms with Crippen LogP contribution in [0.15, 0.2) is 30.0 Å². The Morgan fingerprint density at radius 2 is 1.35 bits per heavy atom. The number of anilines is 1. The zero-order chi connectivity index (χ0) is 19.8. The van der Waals surface area contributed by atoms with Gasteiger partial charge in [-0.25, -0.2) is 0 Å². The van der Waals surface area contributed by atoms with E-state index in [1.54, 1.807) is 0 Å². The van der Waals surface area contributed by atoms with Crippen molar-refractivity contribution in [1.29, 1.82) is 0 Å². The first-order chi connectivity index (χ1) is 12.0. The third-order valence-electron chi connectivity index (χ3n) is 3.80. The van der Waals surface area contributed by atoms with Crippen LogP contribution in [0.3, 0.4) is 0 Å². The maximum absolute atomic E-state index is 11.3. The number of nitro groups is 4. The van der Waals surface area contributed by atoms with Gasteiger partial charge in [-0.1, -0.05) is 0 Å². The number of nitrogens with two attached hydrogens (primary N) is 2. The molecule has 0 radical (unpaired) electrons. The smallest absolute Gasteiger partial charge is 0.390 e. The molecule has 136 valence electrons. The minimum Gasteiger partial charge on any atom is -0.390 e. The molecule has 0 saturated heterocycles. The SMILES string of the molecule is NC1=CCC(c2cc([N+](=O)[O-])c(N)c([N+](=O)[O-])c2)=CC1([N+](=O)[O-])[N+](=O)[O-]. The van der Waals surface area contributed by atoms with E-state index in [0.29, 0.717) is 6.08 Å². The van der Waals surface area contributed by atoms with Crippen LogP contribution in [-0.4, -0.2) is 25.4 Å². The fourth-order valence-corrected chi connectivity index (χ4v) is 2.45. The molecular formula is C12H10N6O8. The van der Waals surface area contributed by atoms with Crippen molar-refractivity contribution in [3.05, 3.63) is 76.0 Å². The molecule has 0 spiro atoms. The monoisotopic (exact) mass is 366 g/mol. The Labute approximate surface area is 143 Å². The van der Waals surface area contributed by atoms with Gasteiger partial charge in [0.25, 0.3) is 11.4 Å². The van der Waals surface area contributed by atoms with Crippen LogP contribution in [0.25, 0.3) is 5.57 Å². The average molecular weight is 366 g/mol. The van der Waals surface area contributed by atoms with Crippen molar-refractivity contribution in [2.45, 2.75) is 12.1 Å². The molecule has 0 unspecified atom stereocenters. The highest BCUT2D eigenvalue weighted by Gasteiger charge is 2.58. The summed E-state index contributed by atoms with van der Waals surface area (Å²) in [5.41, 5.74) is 4.62. The van der Waals surface area contributed by atoms with Crippen LogP contribution in [0.5, 0.6) is 0 Å². The molecule has 2 rings (SSSR count). The zero-order valence-electron chi connectivity index (χ0n) is 12.7. The number of benzene rings is 1. The number of nitrogens with zero attached hydrogens (tertiary/aromatic N) is 4. The predicted octanol–water partition coefficient (Wildman–Crippen LogP) is 0.965. The van der Waals surface area contributed by atoms with Crippen LogP contribution >= 0.6 is 0 Å². The molecule has 0 heterocycles. The first-order valence-corrected chi connectivity index (χ1v) is 6.71. The summed E-state index contributed by atoms with van der Waals surface area (Å²) in [5.74, 6) is 0. The second kappa shape index (κ2) is 6.08. The lowest BCUT2D eigenvalue weighted by atomic mass is 9.90. The maximum Gasteiger partial charge on any atom is 0.517 e. The Balaban J connectivity index is 2.76. The molecule has 0 aliphatic heterocycles. The molecule has 0 saturated carbocycles. The van der Waals surface area contributed by atoms with E-state index < -0.39 is 48.1 Å². The molecule has 0 bridgehead atoms. The van der Waals surface area contributed by atoms with Gasteiger partial charge in [0.2, 0.25) is 0 Å². The summed E-state index contributed by atoms with van der Waals surface area (Å²) in [7, 11) is 0. The van der Waals surface area contributed by atoms with Gasteiger partial charge in [-0.15, -0.1) is 0 Å². The Morgan fingerprint density at radius 1 is 0.885 bits per heavy atom.